The van der Waals surface area contributed by atoms with E-state index in [-0.39, 0.29) is 16.4 Å². The molecular weight excluding hydrogens is 345 g/mol. The highest BCUT2D eigenvalue weighted by atomic mass is 35.5. The van der Waals surface area contributed by atoms with Crippen LogP contribution in [0.25, 0.3) is 11.9 Å². The summed E-state index contributed by atoms with van der Waals surface area (Å²) in [5, 5.41) is 12.4. The number of hydrogen-bond acceptors (Lipinski definition) is 4. The first-order valence-electron chi connectivity index (χ1n) is 6.45. The molecule has 0 N–H and O–H groups in total. The smallest absolute Gasteiger partial charge is 0.399 e. The number of hydrogen-bond donors (Lipinski definition) is 0. The Labute approximate surface area is 140 Å². The zero-order valence-corrected chi connectivity index (χ0v) is 13.0. The van der Waals surface area contributed by atoms with Crippen LogP contribution in [-0.2, 0) is 11.0 Å². The summed E-state index contributed by atoms with van der Waals surface area (Å²) in [5.41, 5.74) is -0.270. The molecule has 2 rings (SSSR count). The van der Waals surface area contributed by atoms with Gasteiger partial charge in [0.15, 0.2) is 5.82 Å². The van der Waals surface area contributed by atoms with Gasteiger partial charge in [-0.3, -0.25) is 0 Å². The van der Waals surface area contributed by atoms with E-state index in [1.165, 1.54) is 24.0 Å². The van der Waals surface area contributed by atoms with Crippen molar-refractivity contribution in [2.45, 2.75) is 6.18 Å². The lowest BCUT2D eigenvalue weighted by Crippen LogP contribution is -2.08. The summed E-state index contributed by atoms with van der Waals surface area (Å²) >= 11 is 5.94. The maximum Gasteiger partial charge on any atom is 0.417 e. The molecule has 124 valence electrons. The molecule has 0 unspecified atom stereocenters. The van der Waals surface area contributed by atoms with Crippen LogP contribution in [0.5, 0.6) is 0 Å². The first kappa shape index (κ1) is 17.6. The predicted molar refractivity (Wildman–Crippen MR) is 82.7 cm³/mol. The van der Waals surface area contributed by atoms with Gasteiger partial charge in [0.1, 0.15) is 13.2 Å². The molecule has 0 aromatic carbocycles. The molecule has 0 spiro atoms. The Bertz CT molecular complexity index is 834. The van der Waals surface area contributed by atoms with Crippen LogP contribution in [0.3, 0.4) is 0 Å². The molecule has 0 amide bonds. The Kier molecular flexibility index (Phi) is 5.26. The fourth-order valence-electron chi connectivity index (χ4n) is 1.83. The Balaban J connectivity index is 2.46. The number of rotatable bonds is 4. The summed E-state index contributed by atoms with van der Waals surface area (Å²) in [4.78, 5) is 8.29. The van der Waals surface area contributed by atoms with Crippen molar-refractivity contribution in [2.24, 2.45) is 5.16 Å². The van der Waals surface area contributed by atoms with Gasteiger partial charge in [0.2, 0.25) is 0 Å². The van der Waals surface area contributed by atoms with Crippen molar-refractivity contribution in [3.63, 3.8) is 0 Å². The summed E-state index contributed by atoms with van der Waals surface area (Å²) in [6.45, 7) is 0. The van der Waals surface area contributed by atoms with Crippen molar-refractivity contribution in [2.75, 3.05) is 7.11 Å². The van der Waals surface area contributed by atoms with Crippen molar-refractivity contribution in [1.29, 1.82) is 5.26 Å². The first-order chi connectivity index (χ1) is 11.4. The fraction of sp³-hybridized carbons (Fsp3) is 0.133. The minimum absolute atomic E-state index is 0.113. The van der Waals surface area contributed by atoms with Gasteiger partial charge in [0, 0.05) is 18.1 Å². The summed E-state index contributed by atoms with van der Waals surface area (Å²) < 4.78 is 39.5. The predicted octanol–water partition coefficient (Wildman–Crippen LogP) is 4.08. The number of halogens is 4. The molecule has 0 aliphatic rings. The SMILES string of the molecule is CO/N=C/C(C#N)=C/c1cccn1-c1ncc(C(F)(F)F)cc1Cl. The maximum absolute atomic E-state index is 12.7. The lowest BCUT2D eigenvalue weighted by atomic mass is 10.2. The van der Waals surface area contributed by atoms with Crippen LogP contribution < -0.4 is 0 Å². The Morgan fingerprint density at radius 1 is 1.50 bits per heavy atom. The van der Waals surface area contributed by atoms with Crippen molar-refractivity contribution < 1.29 is 18.0 Å². The zero-order valence-electron chi connectivity index (χ0n) is 12.3. The molecule has 0 aliphatic heterocycles. The number of allylic oxidation sites excluding steroid dienone is 1. The largest absolute Gasteiger partial charge is 0.417 e. The van der Waals surface area contributed by atoms with Gasteiger partial charge < -0.3 is 9.40 Å². The molecular formula is C15H10ClF3N4O. The molecule has 24 heavy (non-hydrogen) atoms. The van der Waals surface area contributed by atoms with Crippen molar-refractivity contribution in [3.05, 3.63) is 52.4 Å². The number of nitriles is 1. The lowest BCUT2D eigenvalue weighted by Gasteiger charge is -2.11. The highest BCUT2D eigenvalue weighted by Crippen LogP contribution is 2.32. The van der Waals surface area contributed by atoms with Gasteiger partial charge in [-0.15, -0.1) is 0 Å². The second-order valence-electron chi connectivity index (χ2n) is 4.46. The molecule has 0 saturated carbocycles. The normalized spacial score (nSPS) is 12.4. The first-order valence-corrected chi connectivity index (χ1v) is 6.83. The number of alkyl halides is 3. The minimum Gasteiger partial charge on any atom is -0.399 e. The van der Waals surface area contributed by atoms with Crippen LogP contribution in [-0.4, -0.2) is 22.9 Å². The molecule has 0 radical (unpaired) electrons. The van der Waals surface area contributed by atoms with E-state index >= 15 is 0 Å². The van der Waals surface area contributed by atoms with E-state index in [1.807, 2.05) is 6.07 Å². The molecule has 2 aromatic rings. The fourth-order valence-corrected chi connectivity index (χ4v) is 2.09. The van der Waals surface area contributed by atoms with Crippen molar-refractivity contribution >= 4 is 23.9 Å². The summed E-state index contributed by atoms with van der Waals surface area (Å²) in [7, 11) is 1.33. The third-order valence-electron chi connectivity index (χ3n) is 2.89. The van der Waals surface area contributed by atoms with Crippen molar-refractivity contribution in [1.82, 2.24) is 9.55 Å². The molecule has 0 saturated heterocycles. The van der Waals surface area contributed by atoms with Crippen molar-refractivity contribution in [3.8, 4) is 11.9 Å². The molecule has 0 aliphatic carbocycles. The van der Waals surface area contributed by atoms with E-state index in [0.29, 0.717) is 11.9 Å². The van der Waals surface area contributed by atoms with Gasteiger partial charge in [-0.05, 0) is 24.3 Å². The molecule has 2 aromatic heterocycles. The van der Waals surface area contributed by atoms with E-state index in [4.69, 9.17) is 16.9 Å². The highest BCUT2D eigenvalue weighted by Gasteiger charge is 2.31. The standard InChI is InChI=1S/C15H10ClF3N4O/c1-24-22-8-10(7-20)5-12-3-2-4-23(12)14-13(16)6-11(9-21-14)15(17,18)19/h2-6,8-9H,1H3/b10-5+,22-8+. The number of aromatic nitrogens is 2. The van der Waals surface area contributed by atoms with Gasteiger partial charge in [-0.1, -0.05) is 16.8 Å². The number of pyridine rings is 1. The maximum atomic E-state index is 12.7. The molecule has 5 nitrogen and oxygen atoms in total. The molecule has 0 atom stereocenters. The Hall–Kier alpha value is -2.79. The zero-order chi connectivity index (χ0) is 17.7. The number of oxime groups is 1. The van der Waals surface area contributed by atoms with Crippen LogP contribution in [0, 0.1) is 11.3 Å². The molecule has 0 fully saturated rings. The third kappa shape index (κ3) is 3.94. The van der Waals surface area contributed by atoms with Gasteiger partial charge in [-0.25, -0.2) is 4.98 Å². The second kappa shape index (κ2) is 7.19. The van der Waals surface area contributed by atoms with Crippen LogP contribution in [0.4, 0.5) is 13.2 Å². The summed E-state index contributed by atoms with van der Waals surface area (Å²) in [6, 6.07) is 6.00. The molecule has 9 heteroatoms. The Morgan fingerprint density at radius 3 is 2.83 bits per heavy atom. The van der Waals surface area contributed by atoms with Gasteiger partial charge in [-0.2, -0.15) is 18.4 Å². The van der Waals surface area contributed by atoms with Crippen LogP contribution in [0.15, 0.2) is 41.3 Å². The third-order valence-corrected chi connectivity index (χ3v) is 3.17. The van der Waals surface area contributed by atoms with Crippen LogP contribution >= 0.6 is 11.6 Å². The van der Waals surface area contributed by atoms with E-state index in [0.717, 1.165) is 6.07 Å². The van der Waals surface area contributed by atoms with E-state index < -0.39 is 11.7 Å². The summed E-state index contributed by atoms with van der Waals surface area (Å²) in [5.74, 6) is 0.113. The van der Waals surface area contributed by atoms with Gasteiger partial charge in [0.25, 0.3) is 0 Å². The second-order valence-corrected chi connectivity index (χ2v) is 4.87. The molecule has 0 bridgehead atoms. The monoisotopic (exact) mass is 354 g/mol. The van der Waals surface area contributed by atoms with E-state index in [1.54, 1.807) is 18.3 Å². The van der Waals surface area contributed by atoms with Gasteiger partial charge in [0.05, 0.1) is 22.4 Å². The topological polar surface area (TPSA) is 63.2 Å². The number of nitrogens with zero attached hydrogens (tertiary/aromatic N) is 4. The lowest BCUT2D eigenvalue weighted by molar-refractivity contribution is -0.137. The summed E-state index contributed by atoms with van der Waals surface area (Å²) in [6.07, 6.45) is 0.415. The van der Waals surface area contributed by atoms with E-state index in [9.17, 15) is 13.2 Å². The van der Waals surface area contributed by atoms with E-state index in [2.05, 4.69) is 15.0 Å². The van der Waals surface area contributed by atoms with Gasteiger partial charge >= 0.3 is 6.18 Å². The van der Waals surface area contributed by atoms with Crippen LogP contribution in [0.2, 0.25) is 5.02 Å². The highest BCUT2D eigenvalue weighted by molar-refractivity contribution is 6.32. The van der Waals surface area contributed by atoms with Crippen LogP contribution in [0.1, 0.15) is 11.3 Å². The molecule has 2 heterocycles. The minimum atomic E-state index is -4.53. The Morgan fingerprint density at radius 2 is 2.25 bits per heavy atom. The average Bonchev–Trinajstić information content (AvgIpc) is 2.98. The average molecular weight is 355 g/mol. The quantitative estimate of drug-likeness (QED) is 0.472.